The molecule has 3 rings (SSSR count). The van der Waals surface area contributed by atoms with Gasteiger partial charge in [-0.05, 0) is 36.4 Å². The Kier molecular flexibility index (Phi) is 4.87. The molecule has 0 aliphatic heterocycles. The van der Waals surface area contributed by atoms with Gasteiger partial charge in [-0.2, -0.15) is 0 Å². The van der Waals surface area contributed by atoms with Gasteiger partial charge in [-0.1, -0.05) is 12.1 Å². The van der Waals surface area contributed by atoms with E-state index in [4.69, 9.17) is 25.8 Å². The molecule has 1 heterocycles. The van der Waals surface area contributed by atoms with Gasteiger partial charge in [0.2, 0.25) is 0 Å². The van der Waals surface area contributed by atoms with Crippen LogP contribution in [-0.2, 0) is 18.1 Å². The second-order valence-electron chi connectivity index (χ2n) is 5.34. The monoisotopic (exact) mass is 431 g/mol. The van der Waals surface area contributed by atoms with Crippen LogP contribution >= 0.6 is 21.4 Å². The van der Waals surface area contributed by atoms with E-state index in [0.717, 1.165) is 0 Å². The summed E-state index contributed by atoms with van der Waals surface area (Å²) >= 11 is 0. The molecular formula is C16H11Cl2NO5S2. The van der Waals surface area contributed by atoms with Gasteiger partial charge in [0, 0.05) is 39.4 Å². The Morgan fingerprint density at radius 1 is 0.769 bits per heavy atom. The van der Waals surface area contributed by atoms with Crippen LogP contribution in [-0.4, -0.2) is 21.8 Å². The third-order valence-electron chi connectivity index (χ3n) is 3.54. The molecule has 1 aromatic heterocycles. The normalized spacial score (nSPS) is 12.3. The molecule has 0 spiro atoms. The Bertz CT molecular complexity index is 1070. The van der Waals surface area contributed by atoms with Crippen LogP contribution in [0.1, 0.15) is 5.89 Å². The first kappa shape index (κ1) is 18.9. The van der Waals surface area contributed by atoms with E-state index in [1.54, 1.807) is 31.2 Å². The average Bonchev–Trinajstić information content (AvgIpc) is 2.95. The third-order valence-corrected chi connectivity index (χ3v) is 6.28. The maximum atomic E-state index is 11.4. The topological polar surface area (TPSA) is 94.3 Å². The van der Waals surface area contributed by atoms with Crippen molar-refractivity contribution >= 4 is 39.5 Å². The Hall–Kier alpha value is -1.87. The van der Waals surface area contributed by atoms with Crippen LogP contribution in [0, 0.1) is 6.92 Å². The molecule has 0 N–H and O–H groups in total. The van der Waals surface area contributed by atoms with Gasteiger partial charge >= 0.3 is 0 Å². The quantitative estimate of drug-likeness (QED) is 0.575. The number of hydrogen-bond acceptors (Lipinski definition) is 6. The highest BCUT2D eigenvalue weighted by Gasteiger charge is 2.18. The maximum Gasteiger partial charge on any atom is 0.261 e. The van der Waals surface area contributed by atoms with Gasteiger partial charge in [0.05, 0.1) is 9.79 Å². The molecule has 0 bridgehead atoms. The predicted molar refractivity (Wildman–Crippen MR) is 98.2 cm³/mol. The molecule has 2 aromatic carbocycles. The number of hydrogen-bond donors (Lipinski definition) is 0. The largest absolute Gasteiger partial charge is 0.440 e. The highest BCUT2D eigenvalue weighted by molar-refractivity contribution is 8.14. The summed E-state index contributed by atoms with van der Waals surface area (Å²) in [4.78, 5) is 4.27. The molecule has 0 saturated carbocycles. The van der Waals surface area contributed by atoms with E-state index in [1.165, 1.54) is 24.3 Å². The molecule has 0 fully saturated rings. The number of aryl methyl sites for hydroxylation is 1. The Balaban J connectivity index is 2.06. The zero-order valence-corrected chi connectivity index (χ0v) is 16.3. The summed E-state index contributed by atoms with van der Waals surface area (Å²) in [6.07, 6.45) is 0. The van der Waals surface area contributed by atoms with E-state index in [1.807, 2.05) is 0 Å². The predicted octanol–water partition coefficient (Wildman–Crippen LogP) is 4.17. The molecule has 0 amide bonds. The van der Waals surface area contributed by atoms with Crippen LogP contribution in [0.3, 0.4) is 0 Å². The van der Waals surface area contributed by atoms with Crippen LogP contribution in [0.5, 0.6) is 0 Å². The summed E-state index contributed by atoms with van der Waals surface area (Å²) in [6.45, 7) is 1.67. The van der Waals surface area contributed by atoms with E-state index >= 15 is 0 Å². The third kappa shape index (κ3) is 3.93. The molecule has 0 aliphatic rings. The standard InChI is InChI=1S/C16H11Cl2NO5S2/c1-10-19-15(11-2-6-13(7-3-11)25(17,20)21)16(24-10)12-4-8-14(9-5-12)26(18,22)23/h2-9H,1H3. The van der Waals surface area contributed by atoms with Gasteiger partial charge in [0.1, 0.15) is 5.69 Å². The molecule has 0 radical (unpaired) electrons. The van der Waals surface area contributed by atoms with E-state index in [2.05, 4.69) is 4.98 Å². The van der Waals surface area contributed by atoms with Crippen molar-refractivity contribution in [2.24, 2.45) is 0 Å². The highest BCUT2D eigenvalue weighted by Crippen LogP contribution is 2.34. The lowest BCUT2D eigenvalue weighted by atomic mass is 10.1. The Morgan fingerprint density at radius 3 is 1.62 bits per heavy atom. The van der Waals surface area contributed by atoms with Gasteiger partial charge in [0.25, 0.3) is 18.1 Å². The van der Waals surface area contributed by atoms with Crippen molar-refractivity contribution in [1.82, 2.24) is 4.98 Å². The average molecular weight is 432 g/mol. The molecule has 3 aromatic rings. The molecule has 0 atom stereocenters. The molecule has 0 unspecified atom stereocenters. The van der Waals surface area contributed by atoms with Crippen molar-refractivity contribution in [2.45, 2.75) is 16.7 Å². The van der Waals surface area contributed by atoms with E-state index in [9.17, 15) is 16.8 Å². The first-order chi connectivity index (χ1) is 12.1. The number of nitrogens with zero attached hydrogens (tertiary/aromatic N) is 1. The minimum Gasteiger partial charge on any atom is -0.440 e. The van der Waals surface area contributed by atoms with Gasteiger partial charge in [-0.15, -0.1) is 0 Å². The highest BCUT2D eigenvalue weighted by atomic mass is 35.7. The lowest BCUT2D eigenvalue weighted by Gasteiger charge is -2.04. The van der Waals surface area contributed by atoms with Crippen LogP contribution in [0.25, 0.3) is 22.6 Å². The van der Waals surface area contributed by atoms with Gasteiger partial charge < -0.3 is 4.42 Å². The molecule has 26 heavy (non-hydrogen) atoms. The van der Waals surface area contributed by atoms with Crippen molar-refractivity contribution in [3.05, 3.63) is 54.4 Å². The fraction of sp³-hybridized carbons (Fsp3) is 0.0625. The summed E-state index contributed by atoms with van der Waals surface area (Å²) in [7, 11) is 2.99. The first-order valence-electron chi connectivity index (χ1n) is 7.13. The van der Waals surface area contributed by atoms with Crippen molar-refractivity contribution < 1.29 is 21.3 Å². The SMILES string of the molecule is Cc1nc(-c2ccc(S(=O)(=O)Cl)cc2)c(-c2ccc(S(=O)(=O)Cl)cc2)o1. The minimum atomic E-state index is -3.82. The van der Waals surface area contributed by atoms with E-state index in [-0.39, 0.29) is 9.79 Å². The zero-order valence-electron chi connectivity index (χ0n) is 13.2. The van der Waals surface area contributed by atoms with Gasteiger partial charge in [-0.25, -0.2) is 21.8 Å². The van der Waals surface area contributed by atoms with Crippen molar-refractivity contribution in [3.63, 3.8) is 0 Å². The van der Waals surface area contributed by atoms with Crippen LogP contribution in [0.15, 0.2) is 62.7 Å². The number of rotatable bonds is 4. The fourth-order valence-electron chi connectivity index (χ4n) is 2.36. The van der Waals surface area contributed by atoms with E-state index in [0.29, 0.717) is 28.5 Å². The Labute approximate surface area is 159 Å². The van der Waals surface area contributed by atoms with Crippen molar-refractivity contribution in [2.75, 3.05) is 0 Å². The summed E-state index contributed by atoms with van der Waals surface area (Å²) in [5, 5.41) is 0. The molecule has 6 nitrogen and oxygen atoms in total. The van der Waals surface area contributed by atoms with Crippen molar-refractivity contribution in [3.8, 4) is 22.6 Å². The number of benzene rings is 2. The summed E-state index contributed by atoms with van der Waals surface area (Å²) < 4.78 is 51.1. The number of halogens is 2. The van der Waals surface area contributed by atoms with Crippen LogP contribution < -0.4 is 0 Å². The zero-order chi connectivity index (χ0) is 19.1. The molecule has 136 valence electrons. The van der Waals surface area contributed by atoms with Crippen LogP contribution in [0.2, 0.25) is 0 Å². The van der Waals surface area contributed by atoms with Gasteiger partial charge in [0.15, 0.2) is 11.7 Å². The molecule has 10 heteroatoms. The number of aromatic nitrogens is 1. The minimum absolute atomic E-state index is 0.0265. The summed E-state index contributed by atoms with van der Waals surface area (Å²) in [6, 6.07) is 11.7. The molecular weight excluding hydrogens is 421 g/mol. The number of oxazole rings is 1. The Morgan fingerprint density at radius 2 is 1.19 bits per heavy atom. The van der Waals surface area contributed by atoms with Gasteiger partial charge in [-0.3, -0.25) is 0 Å². The van der Waals surface area contributed by atoms with Crippen LogP contribution in [0.4, 0.5) is 0 Å². The fourth-order valence-corrected chi connectivity index (χ4v) is 3.90. The summed E-state index contributed by atoms with van der Waals surface area (Å²) in [5.41, 5.74) is 1.70. The lowest BCUT2D eigenvalue weighted by molar-refractivity contribution is 0.534. The summed E-state index contributed by atoms with van der Waals surface area (Å²) in [5.74, 6) is 0.820. The molecule has 0 saturated heterocycles. The van der Waals surface area contributed by atoms with Crippen molar-refractivity contribution in [1.29, 1.82) is 0 Å². The first-order valence-corrected chi connectivity index (χ1v) is 11.8. The molecule has 0 aliphatic carbocycles. The smallest absolute Gasteiger partial charge is 0.261 e. The lowest BCUT2D eigenvalue weighted by Crippen LogP contribution is -1.91. The maximum absolute atomic E-state index is 11.4. The second-order valence-corrected chi connectivity index (χ2v) is 10.5. The second kappa shape index (κ2) is 6.70. The van der Waals surface area contributed by atoms with E-state index < -0.39 is 18.1 Å².